The van der Waals surface area contributed by atoms with Gasteiger partial charge in [0, 0.05) is 5.56 Å². The maximum absolute atomic E-state index is 11.4. The lowest BCUT2D eigenvalue weighted by molar-refractivity contribution is 0.0537. The Balaban J connectivity index is 2.74. The summed E-state index contributed by atoms with van der Waals surface area (Å²) in [6, 6.07) is 5.40. The van der Waals surface area contributed by atoms with Crippen LogP contribution in [0.25, 0.3) is 0 Å². The second-order valence-electron chi connectivity index (χ2n) is 3.98. The Bertz CT molecular complexity index is 473. The topological polar surface area (TPSA) is 73.9 Å². The van der Waals surface area contributed by atoms with Crippen molar-refractivity contribution in [1.82, 2.24) is 0 Å². The van der Waals surface area contributed by atoms with Gasteiger partial charge in [-0.1, -0.05) is 17.7 Å². The molecule has 0 aromatic heterocycles. The van der Waals surface area contributed by atoms with E-state index in [2.05, 4.69) is 10.1 Å². The van der Waals surface area contributed by atoms with Crippen molar-refractivity contribution < 1.29 is 23.8 Å². The molecule has 1 aromatic rings. The number of benzene rings is 1. The van der Waals surface area contributed by atoms with E-state index in [4.69, 9.17) is 9.47 Å². The van der Waals surface area contributed by atoms with Crippen molar-refractivity contribution in [3.05, 3.63) is 29.3 Å². The first-order chi connectivity index (χ1) is 9.56. The Morgan fingerprint density at radius 1 is 1.10 bits per heavy atom. The summed E-state index contributed by atoms with van der Waals surface area (Å²) in [4.78, 5) is 22.6. The number of anilines is 1. The first-order valence-electron chi connectivity index (χ1n) is 6.39. The standard InChI is InChI=1S/C14H19NO5/c1-4-18-13(16)15-12-7-6-10(3)8-11(12)9-20-14(17)19-5-2/h6-8H,4-5,9H2,1-3H3,(H,15,16). The fourth-order valence-electron chi connectivity index (χ4n) is 1.54. The van der Waals surface area contributed by atoms with Gasteiger partial charge in [-0.15, -0.1) is 0 Å². The average molecular weight is 281 g/mol. The van der Waals surface area contributed by atoms with E-state index >= 15 is 0 Å². The van der Waals surface area contributed by atoms with Crippen LogP contribution in [0.3, 0.4) is 0 Å². The van der Waals surface area contributed by atoms with Crippen LogP contribution in [-0.4, -0.2) is 25.5 Å². The van der Waals surface area contributed by atoms with Gasteiger partial charge in [-0.2, -0.15) is 0 Å². The summed E-state index contributed by atoms with van der Waals surface area (Å²) in [5.74, 6) is 0. The highest BCUT2D eigenvalue weighted by molar-refractivity contribution is 5.85. The first-order valence-corrected chi connectivity index (χ1v) is 6.39. The molecule has 0 saturated carbocycles. The van der Waals surface area contributed by atoms with Gasteiger partial charge in [-0.05, 0) is 26.8 Å². The third-order valence-electron chi connectivity index (χ3n) is 2.38. The highest BCUT2D eigenvalue weighted by Gasteiger charge is 2.10. The maximum Gasteiger partial charge on any atom is 0.508 e. The molecule has 0 atom stereocenters. The summed E-state index contributed by atoms with van der Waals surface area (Å²) in [6.45, 7) is 5.87. The Hall–Kier alpha value is -2.24. The summed E-state index contributed by atoms with van der Waals surface area (Å²) >= 11 is 0. The minimum Gasteiger partial charge on any atom is -0.450 e. The van der Waals surface area contributed by atoms with Crippen LogP contribution >= 0.6 is 0 Å². The van der Waals surface area contributed by atoms with Gasteiger partial charge < -0.3 is 14.2 Å². The van der Waals surface area contributed by atoms with Crippen molar-refractivity contribution in [3.8, 4) is 0 Å². The third kappa shape index (κ3) is 5.17. The Morgan fingerprint density at radius 2 is 1.80 bits per heavy atom. The second kappa shape index (κ2) is 8.04. The van der Waals surface area contributed by atoms with Gasteiger partial charge >= 0.3 is 12.2 Å². The second-order valence-corrected chi connectivity index (χ2v) is 3.98. The molecule has 0 heterocycles. The number of carbonyl (C=O) groups excluding carboxylic acids is 2. The number of carbonyl (C=O) groups is 2. The zero-order valence-corrected chi connectivity index (χ0v) is 11.9. The van der Waals surface area contributed by atoms with Crippen LogP contribution in [0.2, 0.25) is 0 Å². The smallest absolute Gasteiger partial charge is 0.450 e. The van der Waals surface area contributed by atoms with Crippen molar-refractivity contribution in [2.75, 3.05) is 18.5 Å². The van der Waals surface area contributed by atoms with Gasteiger partial charge in [0.05, 0.1) is 18.9 Å². The molecule has 0 radical (unpaired) electrons. The highest BCUT2D eigenvalue weighted by Crippen LogP contribution is 2.19. The number of nitrogens with one attached hydrogen (secondary N) is 1. The molecule has 0 aliphatic rings. The van der Waals surface area contributed by atoms with E-state index < -0.39 is 12.2 Å². The van der Waals surface area contributed by atoms with Gasteiger partial charge in [0.25, 0.3) is 0 Å². The first kappa shape index (κ1) is 15.8. The minimum absolute atomic E-state index is 0.0161. The summed E-state index contributed by atoms with van der Waals surface area (Å²) in [7, 11) is 0. The number of ether oxygens (including phenoxy) is 3. The van der Waals surface area contributed by atoms with E-state index in [1.165, 1.54) is 0 Å². The maximum atomic E-state index is 11.4. The highest BCUT2D eigenvalue weighted by atomic mass is 16.7. The predicted octanol–water partition coefficient (Wildman–Crippen LogP) is 3.24. The van der Waals surface area contributed by atoms with Crippen molar-refractivity contribution in [2.24, 2.45) is 0 Å². The van der Waals surface area contributed by atoms with E-state index in [9.17, 15) is 9.59 Å². The number of amides is 1. The molecule has 0 spiro atoms. The van der Waals surface area contributed by atoms with Crippen LogP contribution < -0.4 is 5.32 Å². The van der Waals surface area contributed by atoms with Crippen molar-refractivity contribution in [2.45, 2.75) is 27.4 Å². The van der Waals surface area contributed by atoms with Gasteiger partial charge in [-0.25, -0.2) is 9.59 Å². The Labute approximate surface area is 118 Å². The van der Waals surface area contributed by atoms with Gasteiger partial charge in [-0.3, -0.25) is 5.32 Å². The van der Waals surface area contributed by atoms with E-state index in [1.54, 1.807) is 19.9 Å². The predicted molar refractivity (Wildman–Crippen MR) is 73.6 cm³/mol. The van der Waals surface area contributed by atoms with Crippen LogP contribution in [-0.2, 0) is 20.8 Å². The number of rotatable bonds is 5. The molecule has 1 aromatic carbocycles. The molecule has 20 heavy (non-hydrogen) atoms. The van der Waals surface area contributed by atoms with Crippen molar-refractivity contribution >= 4 is 17.9 Å². The van der Waals surface area contributed by atoms with Crippen molar-refractivity contribution in [1.29, 1.82) is 0 Å². The summed E-state index contributed by atoms with van der Waals surface area (Å²) in [6.07, 6.45) is -1.29. The molecule has 0 bridgehead atoms. The molecule has 1 N–H and O–H groups in total. The zero-order valence-electron chi connectivity index (χ0n) is 11.9. The number of aryl methyl sites for hydroxylation is 1. The van der Waals surface area contributed by atoms with Gasteiger partial charge in [0.2, 0.25) is 0 Å². The lowest BCUT2D eigenvalue weighted by Gasteiger charge is -2.12. The van der Waals surface area contributed by atoms with Crippen molar-refractivity contribution in [3.63, 3.8) is 0 Å². The Morgan fingerprint density at radius 3 is 2.45 bits per heavy atom. The molecular formula is C14H19NO5. The van der Waals surface area contributed by atoms with Gasteiger partial charge in [0.15, 0.2) is 0 Å². The monoisotopic (exact) mass is 281 g/mol. The lowest BCUT2D eigenvalue weighted by atomic mass is 10.1. The molecule has 0 fully saturated rings. The molecule has 6 nitrogen and oxygen atoms in total. The van der Waals surface area contributed by atoms with Crippen LogP contribution in [0, 0.1) is 6.92 Å². The van der Waals surface area contributed by atoms with E-state index in [0.29, 0.717) is 11.3 Å². The third-order valence-corrected chi connectivity index (χ3v) is 2.38. The molecule has 6 heteroatoms. The van der Waals surface area contributed by atoms with Crippen LogP contribution in [0.15, 0.2) is 18.2 Å². The summed E-state index contributed by atoms with van der Waals surface area (Å²) in [5.41, 5.74) is 2.20. The molecule has 1 rings (SSSR count). The summed E-state index contributed by atoms with van der Waals surface area (Å²) < 4.78 is 14.4. The number of hydrogen-bond donors (Lipinski definition) is 1. The molecule has 0 aliphatic carbocycles. The molecule has 0 aliphatic heterocycles. The SMILES string of the molecule is CCOC(=O)Nc1ccc(C)cc1COC(=O)OCC. The molecular weight excluding hydrogens is 262 g/mol. The van der Waals surface area contributed by atoms with E-state index in [0.717, 1.165) is 5.56 Å². The fraction of sp³-hybridized carbons (Fsp3) is 0.429. The number of hydrogen-bond acceptors (Lipinski definition) is 5. The minimum atomic E-state index is -0.740. The van der Waals surface area contributed by atoms with Crippen LogP contribution in [0.4, 0.5) is 15.3 Å². The van der Waals surface area contributed by atoms with E-state index in [-0.39, 0.29) is 19.8 Å². The zero-order chi connectivity index (χ0) is 15.0. The molecule has 110 valence electrons. The molecule has 0 unspecified atom stereocenters. The van der Waals surface area contributed by atoms with Crippen LogP contribution in [0.5, 0.6) is 0 Å². The summed E-state index contributed by atoms with van der Waals surface area (Å²) in [5, 5.41) is 2.60. The fourth-order valence-corrected chi connectivity index (χ4v) is 1.54. The quantitative estimate of drug-likeness (QED) is 0.839. The molecule has 0 saturated heterocycles. The van der Waals surface area contributed by atoms with Crippen LogP contribution in [0.1, 0.15) is 25.0 Å². The average Bonchev–Trinajstić information content (AvgIpc) is 2.39. The normalized spacial score (nSPS) is 9.75. The largest absolute Gasteiger partial charge is 0.508 e. The Kier molecular flexibility index (Phi) is 6.36. The van der Waals surface area contributed by atoms with E-state index in [1.807, 2.05) is 19.1 Å². The van der Waals surface area contributed by atoms with Gasteiger partial charge in [0.1, 0.15) is 6.61 Å². The lowest BCUT2D eigenvalue weighted by Crippen LogP contribution is -2.15. The molecule has 1 amide bonds.